The lowest BCUT2D eigenvalue weighted by Crippen LogP contribution is -2.32. The van der Waals surface area contributed by atoms with Gasteiger partial charge >= 0.3 is 12.4 Å². The quantitative estimate of drug-likeness (QED) is 0.309. The molecule has 1 unspecified atom stereocenters. The second kappa shape index (κ2) is 13.6. The Morgan fingerprint density at radius 2 is 1.72 bits per heavy atom. The summed E-state index contributed by atoms with van der Waals surface area (Å²) < 4.78 is 78.4. The van der Waals surface area contributed by atoms with Crippen LogP contribution in [0.15, 0.2) is 58.1 Å². The molecule has 9 heteroatoms. The topological polar surface area (TPSA) is 29.4 Å². The van der Waals surface area contributed by atoms with Crippen LogP contribution in [0.3, 0.4) is 0 Å². The van der Waals surface area contributed by atoms with E-state index in [-0.39, 0.29) is 6.92 Å². The van der Waals surface area contributed by atoms with Gasteiger partial charge in [-0.15, -0.1) is 0 Å². The van der Waals surface area contributed by atoms with E-state index in [2.05, 4.69) is 37.6 Å². The Bertz CT molecular complexity index is 795. The van der Waals surface area contributed by atoms with Crippen LogP contribution in [-0.4, -0.2) is 28.0 Å². The molecule has 0 radical (unpaired) electrons. The van der Waals surface area contributed by atoms with E-state index in [9.17, 15) is 30.6 Å². The average molecular weight is 484 g/mol. The van der Waals surface area contributed by atoms with Crippen molar-refractivity contribution in [1.82, 2.24) is 0 Å². The minimum atomic E-state index is -4.42. The highest BCUT2D eigenvalue weighted by Gasteiger charge is 2.33. The van der Waals surface area contributed by atoms with Crippen molar-refractivity contribution < 1.29 is 30.6 Å². The number of alkyl halides is 6. The Hall–Kier alpha value is -1.90. The summed E-state index contributed by atoms with van der Waals surface area (Å²) in [5, 5.41) is 0.414. The molecule has 1 aliphatic rings. The van der Waals surface area contributed by atoms with Crippen molar-refractivity contribution in [3.8, 4) is 0 Å². The van der Waals surface area contributed by atoms with Crippen molar-refractivity contribution in [1.29, 1.82) is 0 Å². The summed E-state index contributed by atoms with van der Waals surface area (Å²) in [6.45, 7) is 10.8. The monoisotopic (exact) mass is 483 g/mol. The molecular weight excluding hydrogens is 452 g/mol. The van der Waals surface area contributed by atoms with Gasteiger partial charge < -0.3 is 0 Å². The molecule has 0 N–H and O–H groups in total. The summed E-state index contributed by atoms with van der Waals surface area (Å²) in [6.07, 6.45) is -2.32. The molecule has 2 rings (SSSR count). The fraction of sp³-hybridized carbons (Fsp3) is 0.522. The first-order valence-corrected chi connectivity index (χ1v) is 11.2. The minimum Gasteiger partial charge on any atom is -0.254 e. The van der Waals surface area contributed by atoms with E-state index in [0.717, 1.165) is 35.4 Å². The molecule has 1 saturated carbocycles. The third kappa shape index (κ3) is 14.2. The van der Waals surface area contributed by atoms with Crippen LogP contribution in [0.25, 0.3) is 0 Å². The van der Waals surface area contributed by atoms with Gasteiger partial charge in [0.1, 0.15) is 5.70 Å². The normalized spacial score (nSPS) is 19.0. The van der Waals surface area contributed by atoms with Crippen LogP contribution in [0.5, 0.6) is 0 Å². The maximum Gasteiger partial charge on any atom is 0.432 e. The molecule has 1 aliphatic carbocycles. The minimum absolute atomic E-state index is 0.188. The number of allylic oxidation sites excluding steroid dienone is 3. The molecule has 0 aromatic heterocycles. The molecule has 182 valence electrons. The lowest BCUT2D eigenvalue weighted by Gasteiger charge is -2.33. The van der Waals surface area contributed by atoms with E-state index >= 15 is 0 Å². The average Bonchev–Trinajstić information content (AvgIpc) is 2.58. The highest BCUT2D eigenvalue weighted by molar-refractivity contribution is 7.85. The van der Waals surface area contributed by atoms with Crippen LogP contribution in [0.4, 0.5) is 26.3 Å². The number of hydrogen-bond acceptors (Lipinski definition) is 2. The number of benzene rings is 1. The van der Waals surface area contributed by atoms with Crippen LogP contribution in [-0.2, 0) is 10.8 Å². The molecule has 1 aromatic carbocycles. The summed E-state index contributed by atoms with van der Waals surface area (Å²) in [4.78, 5) is 4.12. The van der Waals surface area contributed by atoms with Crippen molar-refractivity contribution in [3.05, 3.63) is 53.8 Å². The number of nitrogens with zero attached hydrogens (tertiary/aromatic N) is 1. The SMILES string of the molecule is C=C(N=CC=C(C)C)C(F)(F)F.CC(F)(F)F.CCC1CC(S(=O)c2cccc(C)c2)C1. The third-order valence-corrected chi connectivity index (χ3v) is 5.97. The van der Waals surface area contributed by atoms with E-state index in [4.69, 9.17) is 0 Å². The first-order chi connectivity index (χ1) is 14.5. The van der Waals surface area contributed by atoms with E-state index in [1.807, 2.05) is 12.1 Å². The molecule has 1 fully saturated rings. The number of aryl methyl sites for hydroxylation is 1. The van der Waals surface area contributed by atoms with Gasteiger partial charge in [-0.25, -0.2) is 0 Å². The molecule has 2 nitrogen and oxygen atoms in total. The van der Waals surface area contributed by atoms with E-state index in [0.29, 0.717) is 5.25 Å². The number of aliphatic imine (C=N–C) groups is 1. The Kier molecular flexibility index (Phi) is 12.8. The highest BCUT2D eigenvalue weighted by Crippen LogP contribution is 2.36. The van der Waals surface area contributed by atoms with Crippen LogP contribution >= 0.6 is 0 Å². The molecule has 0 amide bonds. The maximum absolute atomic E-state index is 12.2. The zero-order chi connectivity index (χ0) is 25.1. The van der Waals surface area contributed by atoms with Gasteiger partial charge in [-0.05, 0) is 63.3 Å². The van der Waals surface area contributed by atoms with Crippen molar-refractivity contribution in [2.24, 2.45) is 10.9 Å². The largest absolute Gasteiger partial charge is 0.432 e. The Morgan fingerprint density at radius 1 is 1.19 bits per heavy atom. The molecule has 0 aliphatic heterocycles. The smallest absolute Gasteiger partial charge is 0.254 e. The predicted molar refractivity (Wildman–Crippen MR) is 119 cm³/mol. The number of rotatable bonds is 5. The first-order valence-electron chi connectivity index (χ1n) is 10.0. The summed E-state index contributed by atoms with van der Waals surface area (Å²) in [5.74, 6) is 0.823. The highest BCUT2D eigenvalue weighted by atomic mass is 32.2. The van der Waals surface area contributed by atoms with Gasteiger partial charge in [-0.2, -0.15) is 26.3 Å². The third-order valence-electron chi connectivity index (χ3n) is 4.26. The van der Waals surface area contributed by atoms with E-state index in [1.165, 1.54) is 18.1 Å². The summed E-state index contributed by atoms with van der Waals surface area (Å²) in [7, 11) is -0.774. The van der Waals surface area contributed by atoms with Gasteiger partial charge in [0.05, 0.1) is 10.8 Å². The van der Waals surface area contributed by atoms with Gasteiger partial charge in [0.2, 0.25) is 0 Å². The predicted octanol–water partition coefficient (Wildman–Crippen LogP) is 7.96. The number of halogens is 6. The van der Waals surface area contributed by atoms with Crippen molar-refractivity contribution in [2.45, 2.75) is 76.4 Å². The van der Waals surface area contributed by atoms with E-state index < -0.39 is 28.8 Å². The van der Waals surface area contributed by atoms with E-state index in [1.54, 1.807) is 13.8 Å². The second-order valence-electron chi connectivity index (χ2n) is 7.73. The van der Waals surface area contributed by atoms with Crippen molar-refractivity contribution in [2.75, 3.05) is 0 Å². The fourth-order valence-corrected chi connectivity index (χ4v) is 4.26. The first kappa shape index (κ1) is 30.1. The molecule has 0 heterocycles. The van der Waals surface area contributed by atoms with Gasteiger partial charge in [-0.3, -0.25) is 9.20 Å². The molecule has 1 aromatic rings. The second-order valence-corrected chi connectivity index (χ2v) is 9.46. The van der Waals surface area contributed by atoms with Crippen LogP contribution < -0.4 is 0 Å². The van der Waals surface area contributed by atoms with Crippen LogP contribution in [0.1, 0.15) is 52.5 Å². The van der Waals surface area contributed by atoms with Crippen molar-refractivity contribution >= 4 is 17.0 Å². The molecule has 0 bridgehead atoms. The van der Waals surface area contributed by atoms with Gasteiger partial charge in [-0.1, -0.05) is 37.6 Å². The lowest BCUT2D eigenvalue weighted by molar-refractivity contribution is -0.110. The zero-order valence-corrected chi connectivity index (χ0v) is 19.8. The summed E-state index contributed by atoms with van der Waals surface area (Å²) in [5.41, 5.74) is 1.00. The van der Waals surface area contributed by atoms with Crippen LogP contribution in [0.2, 0.25) is 0 Å². The summed E-state index contributed by atoms with van der Waals surface area (Å²) >= 11 is 0. The Morgan fingerprint density at radius 3 is 2.12 bits per heavy atom. The Labute approximate surface area is 189 Å². The van der Waals surface area contributed by atoms with Gasteiger partial charge in [0.15, 0.2) is 0 Å². The zero-order valence-electron chi connectivity index (χ0n) is 19.0. The summed E-state index contributed by atoms with van der Waals surface area (Å²) in [6, 6.07) is 8.09. The molecular formula is C23H31F6NOS. The fourth-order valence-electron chi connectivity index (χ4n) is 2.47. The van der Waals surface area contributed by atoms with Gasteiger partial charge in [0, 0.05) is 23.3 Å². The standard InChI is InChI=1S/C13H18OS.C8H10F3N.C2H3F3/c1-3-11-8-13(9-11)15(14)12-6-4-5-10(2)7-12;1-6(2)4-5-12-7(3)8(9,10)11;1-2(3,4)5/h4-7,11,13H,3,8-9H2,1-2H3;4-5H,3H2,1-2H3;1H3. The van der Waals surface area contributed by atoms with Crippen LogP contribution in [0, 0.1) is 12.8 Å². The van der Waals surface area contributed by atoms with Crippen molar-refractivity contribution in [3.63, 3.8) is 0 Å². The molecule has 0 saturated heterocycles. The molecule has 1 atom stereocenters. The maximum atomic E-state index is 12.2. The molecule has 0 spiro atoms. The molecule has 32 heavy (non-hydrogen) atoms. The lowest BCUT2D eigenvalue weighted by atomic mass is 9.83. The van der Waals surface area contributed by atoms with Gasteiger partial charge in [0.25, 0.3) is 0 Å². The Balaban J connectivity index is 0.000000508. The number of hydrogen-bond donors (Lipinski definition) is 0.